The Labute approximate surface area is 120 Å². The van der Waals surface area contributed by atoms with E-state index in [4.69, 9.17) is 21.4 Å². The maximum atomic E-state index is 10.3. The molecule has 0 saturated carbocycles. The van der Waals surface area contributed by atoms with Gasteiger partial charge in [0.1, 0.15) is 5.75 Å². The van der Waals surface area contributed by atoms with Gasteiger partial charge in [0, 0.05) is 10.9 Å². The lowest BCUT2D eigenvalue weighted by Gasteiger charge is -2.11. The highest BCUT2D eigenvalue weighted by atomic mass is 79.9. The van der Waals surface area contributed by atoms with Crippen LogP contribution in [0, 0.1) is 6.92 Å². The predicted molar refractivity (Wildman–Crippen MR) is 75.5 cm³/mol. The predicted octanol–water partition coefficient (Wildman–Crippen LogP) is 4.43. The van der Waals surface area contributed by atoms with Crippen molar-refractivity contribution < 1.29 is 14.6 Å². The molecule has 0 aliphatic heterocycles. The Kier molecular flexibility index (Phi) is 6.50. The van der Waals surface area contributed by atoms with Crippen molar-refractivity contribution in [2.75, 3.05) is 6.61 Å². The van der Waals surface area contributed by atoms with Crippen LogP contribution in [0.2, 0.25) is 5.02 Å². The summed E-state index contributed by atoms with van der Waals surface area (Å²) in [5.41, 5.74) is 0.986. The van der Waals surface area contributed by atoms with E-state index in [9.17, 15) is 4.79 Å². The molecule has 0 unspecified atom stereocenters. The topological polar surface area (TPSA) is 46.5 Å². The van der Waals surface area contributed by atoms with E-state index in [1.165, 1.54) is 0 Å². The minimum absolute atomic E-state index is 0.220. The van der Waals surface area contributed by atoms with Crippen LogP contribution in [0.1, 0.15) is 31.2 Å². The fraction of sp³-hybridized carbons (Fsp3) is 0.462. The van der Waals surface area contributed by atoms with E-state index < -0.39 is 5.97 Å². The van der Waals surface area contributed by atoms with Crippen LogP contribution in [0.15, 0.2) is 16.6 Å². The highest BCUT2D eigenvalue weighted by molar-refractivity contribution is 9.10. The Morgan fingerprint density at radius 1 is 1.39 bits per heavy atom. The SMILES string of the molecule is Cc1cc(Br)cc(Cl)c1OCCCCCC(=O)O. The summed E-state index contributed by atoms with van der Waals surface area (Å²) >= 11 is 9.45. The molecule has 0 amide bonds. The van der Waals surface area contributed by atoms with E-state index in [-0.39, 0.29) is 6.42 Å². The standard InChI is InChI=1S/C13H16BrClO3/c1-9-7-10(14)8-11(15)13(9)18-6-4-2-3-5-12(16)17/h7-8H,2-6H2,1H3,(H,16,17). The van der Waals surface area contributed by atoms with E-state index in [2.05, 4.69) is 15.9 Å². The number of hydrogen-bond donors (Lipinski definition) is 1. The van der Waals surface area contributed by atoms with E-state index in [0.717, 1.165) is 22.9 Å². The minimum Gasteiger partial charge on any atom is -0.492 e. The van der Waals surface area contributed by atoms with Crippen LogP contribution in [0.5, 0.6) is 5.75 Å². The third-order valence-electron chi connectivity index (χ3n) is 2.48. The highest BCUT2D eigenvalue weighted by Gasteiger charge is 2.07. The summed E-state index contributed by atoms with van der Waals surface area (Å²) < 4.78 is 6.56. The Morgan fingerprint density at radius 2 is 2.11 bits per heavy atom. The number of rotatable bonds is 7. The van der Waals surface area contributed by atoms with Crippen molar-refractivity contribution in [2.45, 2.75) is 32.6 Å². The molecule has 18 heavy (non-hydrogen) atoms. The first-order valence-corrected chi connectivity index (χ1v) is 6.98. The van der Waals surface area contributed by atoms with Crippen LogP contribution < -0.4 is 4.74 Å². The molecule has 0 saturated heterocycles. The van der Waals surface area contributed by atoms with Crippen molar-refractivity contribution >= 4 is 33.5 Å². The quantitative estimate of drug-likeness (QED) is 0.750. The highest BCUT2D eigenvalue weighted by Crippen LogP contribution is 2.32. The maximum absolute atomic E-state index is 10.3. The minimum atomic E-state index is -0.747. The van der Waals surface area contributed by atoms with Crippen molar-refractivity contribution in [1.82, 2.24) is 0 Å². The molecule has 0 aromatic heterocycles. The number of benzene rings is 1. The van der Waals surface area contributed by atoms with Crippen molar-refractivity contribution in [3.63, 3.8) is 0 Å². The number of carboxylic acid groups (broad SMARTS) is 1. The van der Waals surface area contributed by atoms with Crippen LogP contribution in [0.3, 0.4) is 0 Å². The second-order valence-electron chi connectivity index (χ2n) is 4.09. The Balaban J connectivity index is 2.33. The van der Waals surface area contributed by atoms with Crippen LogP contribution in [0.25, 0.3) is 0 Å². The molecule has 0 spiro atoms. The Hall–Kier alpha value is -0.740. The monoisotopic (exact) mass is 334 g/mol. The van der Waals surface area contributed by atoms with Gasteiger partial charge >= 0.3 is 5.97 Å². The average Bonchev–Trinajstić information content (AvgIpc) is 2.25. The lowest BCUT2D eigenvalue weighted by atomic mass is 10.2. The lowest BCUT2D eigenvalue weighted by Crippen LogP contribution is -2.00. The number of aryl methyl sites for hydroxylation is 1. The van der Waals surface area contributed by atoms with Gasteiger partial charge in [-0.15, -0.1) is 0 Å². The summed E-state index contributed by atoms with van der Waals surface area (Å²) in [4.78, 5) is 10.3. The zero-order valence-electron chi connectivity index (χ0n) is 10.2. The molecule has 0 fully saturated rings. The van der Waals surface area contributed by atoms with Crippen molar-refractivity contribution in [3.05, 3.63) is 27.2 Å². The molecule has 1 N–H and O–H groups in total. The second-order valence-corrected chi connectivity index (χ2v) is 5.41. The summed E-state index contributed by atoms with van der Waals surface area (Å²) in [6, 6.07) is 3.75. The van der Waals surface area contributed by atoms with Gasteiger partial charge in [0.25, 0.3) is 0 Å². The van der Waals surface area contributed by atoms with Crippen molar-refractivity contribution in [2.24, 2.45) is 0 Å². The number of ether oxygens (including phenoxy) is 1. The molecule has 0 radical (unpaired) electrons. The molecule has 1 aromatic carbocycles. The third kappa shape index (κ3) is 5.27. The first-order chi connectivity index (χ1) is 8.50. The molecular formula is C13H16BrClO3. The van der Waals surface area contributed by atoms with E-state index in [1.54, 1.807) is 6.07 Å². The summed E-state index contributed by atoms with van der Waals surface area (Å²) in [6.07, 6.45) is 2.59. The molecule has 3 nitrogen and oxygen atoms in total. The number of halogens is 2. The van der Waals surface area contributed by atoms with Gasteiger partial charge in [-0.2, -0.15) is 0 Å². The lowest BCUT2D eigenvalue weighted by molar-refractivity contribution is -0.137. The van der Waals surface area contributed by atoms with Gasteiger partial charge in [-0.05, 0) is 43.9 Å². The largest absolute Gasteiger partial charge is 0.492 e. The average molecular weight is 336 g/mol. The van der Waals surface area contributed by atoms with Gasteiger partial charge in [0.05, 0.1) is 11.6 Å². The summed E-state index contributed by atoms with van der Waals surface area (Å²) in [7, 11) is 0. The number of aliphatic carboxylic acids is 1. The first kappa shape index (κ1) is 15.3. The van der Waals surface area contributed by atoms with Gasteiger partial charge < -0.3 is 9.84 Å². The number of carbonyl (C=O) groups is 1. The van der Waals surface area contributed by atoms with Gasteiger partial charge in [-0.3, -0.25) is 4.79 Å². The Morgan fingerprint density at radius 3 is 2.72 bits per heavy atom. The van der Waals surface area contributed by atoms with Crippen molar-refractivity contribution in [1.29, 1.82) is 0 Å². The molecule has 1 rings (SSSR count). The summed E-state index contributed by atoms with van der Waals surface area (Å²) in [5.74, 6) is -0.0409. The molecule has 5 heteroatoms. The number of hydrogen-bond acceptors (Lipinski definition) is 2. The van der Waals surface area contributed by atoms with Gasteiger partial charge in [-0.25, -0.2) is 0 Å². The van der Waals surface area contributed by atoms with E-state index in [0.29, 0.717) is 23.8 Å². The summed E-state index contributed by atoms with van der Waals surface area (Å²) in [6.45, 7) is 2.50. The summed E-state index contributed by atoms with van der Waals surface area (Å²) in [5, 5.41) is 9.08. The van der Waals surface area contributed by atoms with Crippen LogP contribution in [0.4, 0.5) is 0 Å². The maximum Gasteiger partial charge on any atom is 0.303 e. The van der Waals surface area contributed by atoms with Crippen LogP contribution >= 0.6 is 27.5 Å². The van der Waals surface area contributed by atoms with E-state index >= 15 is 0 Å². The molecule has 0 atom stereocenters. The van der Waals surface area contributed by atoms with E-state index in [1.807, 2.05) is 13.0 Å². The zero-order valence-corrected chi connectivity index (χ0v) is 12.6. The zero-order chi connectivity index (χ0) is 13.5. The Bertz CT molecular complexity index is 398. The second kappa shape index (κ2) is 7.64. The normalized spacial score (nSPS) is 10.4. The fourth-order valence-corrected chi connectivity index (χ4v) is 2.63. The molecule has 0 heterocycles. The number of unbranched alkanes of at least 4 members (excludes halogenated alkanes) is 2. The molecule has 100 valence electrons. The molecule has 0 aliphatic carbocycles. The third-order valence-corrected chi connectivity index (χ3v) is 3.21. The fourth-order valence-electron chi connectivity index (χ4n) is 1.60. The van der Waals surface area contributed by atoms with Gasteiger partial charge in [0.15, 0.2) is 0 Å². The first-order valence-electron chi connectivity index (χ1n) is 5.81. The van der Waals surface area contributed by atoms with Crippen LogP contribution in [-0.4, -0.2) is 17.7 Å². The molecule has 1 aromatic rings. The molecule has 0 bridgehead atoms. The van der Waals surface area contributed by atoms with Gasteiger partial charge in [-0.1, -0.05) is 27.5 Å². The molecule has 0 aliphatic rings. The van der Waals surface area contributed by atoms with Crippen molar-refractivity contribution in [3.8, 4) is 5.75 Å². The smallest absolute Gasteiger partial charge is 0.303 e. The van der Waals surface area contributed by atoms with Crippen LogP contribution in [-0.2, 0) is 4.79 Å². The molecular weight excluding hydrogens is 319 g/mol. The van der Waals surface area contributed by atoms with Gasteiger partial charge in [0.2, 0.25) is 0 Å². The number of carboxylic acids is 1.